The highest BCUT2D eigenvalue weighted by molar-refractivity contribution is 8.00. The Bertz CT molecular complexity index is 1080. The third kappa shape index (κ3) is 6.55. The molecule has 1 aliphatic rings. The highest BCUT2D eigenvalue weighted by Gasteiger charge is 2.26. The number of carbonyl (C=O) groups is 2. The number of aryl methyl sites for hydroxylation is 2. The first-order valence-corrected chi connectivity index (χ1v) is 12.8. The Labute approximate surface area is 192 Å². The van der Waals surface area contributed by atoms with Crippen molar-refractivity contribution in [2.75, 3.05) is 48.4 Å². The first kappa shape index (κ1) is 24.2. The SMILES string of the molecule is Cc1cccc(NC(=O)CSCC(=O)Nc2cc(S(=O)(=O)N3CCOCC3)ccc2C)c1. The zero-order valence-electron chi connectivity index (χ0n) is 18.1. The lowest BCUT2D eigenvalue weighted by Crippen LogP contribution is -2.40. The maximum Gasteiger partial charge on any atom is 0.243 e. The van der Waals surface area contributed by atoms with Crippen molar-refractivity contribution in [2.45, 2.75) is 18.7 Å². The van der Waals surface area contributed by atoms with Gasteiger partial charge in [0.2, 0.25) is 21.8 Å². The fourth-order valence-corrected chi connectivity index (χ4v) is 5.23. The van der Waals surface area contributed by atoms with Crippen molar-refractivity contribution < 1.29 is 22.7 Å². The Hall–Kier alpha value is -2.40. The smallest absolute Gasteiger partial charge is 0.243 e. The summed E-state index contributed by atoms with van der Waals surface area (Å²) in [6, 6.07) is 12.2. The average Bonchev–Trinajstić information content (AvgIpc) is 2.76. The fraction of sp³-hybridized carbons (Fsp3) is 0.364. The van der Waals surface area contributed by atoms with Gasteiger partial charge in [0.15, 0.2) is 0 Å². The van der Waals surface area contributed by atoms with Gasteiger partial charge in [-0.05, 0) is 49.2 Å². The van der Waals surface area contributed by atoms with E-state index in [1.54, 1.807) is 19.1 Å². The molecule has 0 unspecified atom stereocenters. The Balaban J connectivity index is 1.54. The van der Waals surface area contributed by atoms with E-state index in [1.807, 2.05) is 31.2 Å². The third-order valence-electron chi connectivity index (χ3n) is 4.86. The van der Waals surface area contributed by atoms with Crippen molar-refractivity contribution in [2.24, 2.45) is 0 Å². The van der Waals surface area contributed by atoms with Gasteiger partial charge in [0.25, 0.3) is 0 Å². The summed E-state index contributed by atoms with van der Waals surface area (Å²) in [6.07, 6.45) is 0. The van der Waals surface area contributed by atoms with Gasteiger partial charge < -0.3 is 15.4 Å². The van der Waals surface area contributed by atoms with Crippen molar-refractivity contribution in [3.8, 4) is 0 Å². The standard InChI is InChI=1S/C22H27N3O5S2/c1-16-4-3-5-18(12-16)23-21(26)14-31-15-22(27)24-20-13-19(7-6-17(20)2)32(28,29)25-8-10-30-11-9-25/h3-7,12-13H,8-11,14-15H2,1-2H3,(H,23,26)(H,24,27). The van der Waals surface area contributed by atoms with Gasteiger partial charge in [0, 0.05) is 24.5 Å². The predicted octanol–water partition coefficient (Wildman–Crippen LogP) is 2.63. The molecule has 32 heavy (non-hydrogen) atoms. The first-order valence-electron chi connectivity index (χ1n) is 10.2. The van der Waals surface area contributed by atoms with Gasteiger partial charge in [0.1, 0.15) is 0 Å². The normalized spacial score (nSPS) is 14.7. The molecule has 0 saturated carbocycles. The predicted molar refractivity (Wildman–Crippen MR) is 127 cm³/mol. The van der Waals surface area contributed by atoms with Gasteiger partial charge in [-0.15, -0.1) is 11.8 Å². The van der Waals surface area contributed by atoms with Gasteiger partial charge >= 0.3 is 0 Å². The summed E-state index contributed by atoms with van der Waals surface area (Å²) in [4.78, 5) is 24.6. The third-order valence-corrected chi connectivity index (χ3v) is 7.69. The summed E-state index contributed by atoms with van der Waals surface area (Å²) in [7, 11) is -3.65. The van der Waals surface area contributed by atoms with Crippen molar-refractivity contribution in [3.05, 3.63) is 53.6 Å². The molecule has 0 aromatic heterocycles. The number of nitrogens with zero attached hydrogens (tertiary/aromatic N) is 1. The van der Waals surface area contributed by atoms with Gasteiger partial charge in [-0.2, -0.15) is 4.31 Å². The molecule has 10 heteroatoms. The Morgan fingerprint density at radius 3 is 2.38 bits per heavy atom. The van der Waals surface area contributed by atoms with Crippen LogP contribution < -0.4 is 10.6 Å². The van der Waals surface area contributed by atoms with E-state index in [2.05, 4.69) is 10.6 Å². The maximum absolute atomic E-state index is 12.9. The molecule has 3 rings (SSSR count). The highest BCUT2D eigenvalue weighted by Crippen LogP contribution is 2.24. The van der Waals surface area contributed by atoms with Crippen LogP contribution in [-0.4, -0.2) is 62.3 Å². The molecule has 0 aliphatic carbocycles. The van der Waals surface area contributed by atoms with Crippen LogP contribution in [0.15, 0.2) is 47.4 Å². The number of thioether (sulfide) groups is 1. The molecule has 0 bridgehead atoms. The minimum Gasteiger partial charge on any atom is -0.379 e. The Morgan fingerprint density at radius 2 is 1.69 bits per heavy atom. The second kappa shape index (κ2) is 11.0. The van der Waals surface area contributed by atoms with Crippen LogP contribution in [0.4, 0.5) is 11.4 Å². The van der Waals surface area contributed by atoms with Crippen LogP contribution in [0.3, 0.4) is 0 Å². The fourth-order valence-electron chi connectivity index (χ4n) is 3.17. The zero-order valence-corrected chi connectivity index (χ0v) is 19.7. The van der Waals surface area contributed by atoms with Crippen LogP contribution in [-0.2, 0) is 24.3 Å². The molecule has 1 saturated heterocycles. The van der Waals surface area contributed by atoms with Gasteiger partial charge in [-0.1, -0.05) is 18.2 Å². The van der Waals surface area contributed by atoms with Crippen molar-refractivity contribution in [1.29, 1.82) is 0 Å². The van der Waals surface area contributed by atoms with Crippen LogP contribution in [0.1, 0.15) is 11.1 Å². The molecular formula is C22H27N3O5S2. The topological polar surface area (TPSA) is 105 Å². The second-order valence-corrected chi connectivity index (χ2v) is 10.4. The van der Waals surface area contributed by atoms with Gasteiger partial charge in [0.05, 0.1) is 29.6 Å². The van der Waals surface area contributed by atoms with E-state index in [-0.39, 0.29) is 28.2 Å². The van der Waals surface area contributed by atoms with Crippen molar-refractivity contribution in [3.63, 3.8) is 0 Å². The number of anilines is 2. The summed E-state index contributed by atoms with van der Waals surface area (Å²) in [5.74, 6) is -0.294. The maximum atomic E-state index is 12.9. The van der Waals surface area contributed by atoms with E-state index in [9.17, 15) is 18.0 Å². The number of nitrogens with one attached hydrogen (secondary N) is 2. The Morgan fingerprint density at radius 1 is 1.00 bits per heavy atom. The van der Waals surface area contributed by atoms with E-state index in [0.29, 0.717) is 37.7 Å². The summed E-state index contributed by atoms with van der Waals surface area (Å²) < 4.78 is 32.3. The summed E-state index contributed by atoms with van der Waals surface area (Å²) in [5, 5.41) is 5.56. The van der Waals surface area contributed by atoms with Gasteiger partial charge in [-0.25, -0.2) is 8.42 Å². The molecule has 0 radical (unpaired) electrons. The first-order chi connectivity index (χ1) is 15.3. The van der Waals surface area contributed by atoms with E-state index in [0.717, 1.165) is 11.1 Å². The van der Waals surface area contributed by atoms with E-state index >= 15 is 0 Å². The molecule has 0 atom stereocenters. The second-order valence-electron chi connectivity index (χ2n) is 7.45. The molecule has 8 nitrogen and oxygen atoms in total. The van der Waals surface area contributed by atoms with Crippen LogP contribution in [0, 0.1) is 13.8 Å². The number of sulfonamides is 1. The average molecular weight is 478 g/mol. The molecule has 1 heterocycles. The number of morpholine rings is 1. The minimum atomic E-state index is -3.65. The van der Waals surface area contributed by atoms with Crippen LogP contribution >= 0.6 is 11.8 Å². The van der Waals surface area contributed by atoms with Crippen molar-refractivity contribution in [1.82, 2.24) is 4.31 Å². The van der Waals surface area contributed by atoms with Gasteiger partial charge in [-0.3, -0.25) is 9.59 Å². The molecule has 2 amide bonds. The lowest BCUT2D eigenvalue weighted by molar-refractivity contribution is -0.114. The zero-order chi connectivity index (χ0) is 23.1. The molecule has 2 aromatic rings. The molecule has 2 N–H and O–H groups in total. The molecule has 1 fully saturated rings. The highest BCUT2D eigenvalue weighted by atomic mass is 32.2. The van der Waals surface area contributed by atoms with Crippen LogP contribution in [0.5, 0.6) is 0 Å². The quantitative estimate of drug-likeness (QED) is 0.606. The molecule has 0 spiro atoms. The summed E-state index contributed by atoms with van der Waals surface area (Å²) in [5.41, 5.74) is 2.95. The molecule has 1 aliphatic heterocycles. The minimum absolute atomic E-state index is 0.0706. The Kier molecular flexibility index (Phi) is 8.30. The molecular weight excluding hydrogens is 450 g/mol. The number of ether oxygens (including phenoxy) is 1. The van der Waals surface area contributed by atoms with E-state index in [4.69, 9.17) is 4.74 Å². The number of rotatable bonds is 8. The number of hydrogen-bond acceptors (Lipinski definition) is 6. The number of carbonyl (C=O) groups excluding carboxylic acids is 2. The molecule has 2 aromatic carbocycles. The van der Waals surface area contributed by atoms with E-state index < -0.39 is 10.0 Å². The van der Waals surface area contributed by atoms with Crippen LogP contribution in [0.2, 0.25) is 0 Å². The lowest BCUT2D eigenvalue weighted by Gasteiger charge is -2.26. The van der Waals surface area contributed by atoms with Crippen molar-refractivity contribution >= 4 is 45.0 Å². The molecule has 172 valence electrons. The summed E-state index contributed by atoms with van der Waals surface area (Å²) in [6.45, 7) is 5.08. The monoisotopic (exact) mass is 477 g/mol. The van der Waals surface area contributed by atoms with Crippen LogP contribution in [0.25, 0.3) is 0 Å². The summed E-state index contributed by atoms with van der Waals surface area (Å²) >= 11 is 1.19. The lowest BCUT2D eigenvalue weighted by atomic mass is 10.2. The van der Waals surface area contributed by atoms with E-state index in [1.165, 1.54) is 22.1 Å². The number of amides is 2. The number of hydrogen-bond donors (Lipinski definition) is 2. The largest absolute Gasteiger partial charge is 0.379 e. The number of benzene rings is 2.